The molecule has 0 aromatic carbocycles. The number of aliphatic hydroxyl groups excluding tert-OH is 1. The summed E-state index contributed by atoms with van der Waals surface area (Å²) in [6.45, 7) is 3.16. The van der Waals surface area contributed by atoms with Crippen molar-refractivity contribution in [1.82, 2.24) is 15.0 Å². The van der Waals surface area contributed by atoms with Crippen LogP contribution < -0.4 is 9.80 Å². The number of pyridine rings is 1. The van der Waals surface area contributed by atoms with Gasteiger partial charge in [0.15, 0.2) is 5.78 Å². The molecule has 27 heavy (non-hydrogen) atoms. The van der Waals surface area contributed by atoms with Crippen LogP contribution in [0.25, 0.3) is 0 Å². The van der Waals surface area contributed by atoms with Gasteiger partial charge in [-0.15, -0.1) is 0 Å². The lowest BCUT2D eigenvalue weighted by Gasteiger charge is -2.34. The molecule has 2 aromatic rings. The maximum Gasteiger partial charge on any atom is 0.185 e. The molecule has 1 unspecified atom stereocenters. The number of nitrogens with zero attached hydrogens (tertiary/aromatic N) is 5. The molecule has 2 aliphatic rings. The van der Waals surface area contributed by atoms with Crippen molar-refractivity contribution in [1.29, 1.82) is 0 Å². The summed E-state index contributed by atoms with van der Waals surface area (Å²) < 4.78 is 0. The number of carbonyl (C=O) groups is 1. The summed E-state index contributed by atoms with van der Waals surface area (Å²) in [7, 11) is 0. The number of rotatable bonds is 4. The quantitative estimate of drug-likeness (QED) is 0.827. The van der Waals surface area contributed by atoms with Crippen LogP contribution in [0.2, 0.25) is 0 Å². The second-order valence-electron chi connectivity index (χ2n) is 7.32. The van der Waals surface area contributed by atoms with E-state index in [1.54, 1.807) is 18.6 Å². The molecule has 2 aromatic heterocycles. The summed E-state index contributed by atoms with van der Waals surface area (Å²) >= 11 is 0. The van der Waals surface area contributed by atoms with Gasteiger partial charge in [-0.25, -0.2) is 9.97 Å². The van der Waals surface area contributed by atoms with Crippen LogP contribution >= 0.6 is 0 Å². The van der Waals surface area contributed by atoms with Crippen LogP contribution in [0.5, 0.6) is 0 Å². The lowest BCUT2D eigenvalue weighted by Crippen LogP contribution is -2.40. The third-order valence-electron chi connectivity index (χ3n) is 5.46. The van der Waals surface area contributed by atoms with E-state index in [-0.39, 0.29) is 17.8 Å². The number of aliphatic hydroxyl groups is 1. The topological polar surface area (TPSA) is 82.5 Å². The van der Waals surface area contributed by atoms with Crippen molar-refractivity contribution >= 4 is 17.4 Å². The first-order valence-corrected chi connectivity index (χ1v) is 9.66. The molecule has 0 radical (unpaired) electrons. The molecule has 4 heterocycles. The van der Waals surface area contributed by atoms with E-state index in [0.29, 0.717) is 12.2 Å². The highest BCUT2D eigenvalue weighted by Gasteiger charge is 2.28. The van der Waals surface area contributed by atoms with Crippen LogP contribution in [0.4, 0.5) is 11.6 Å². The first-order valence-electron chi connectivity index (χ1n) is 9.66. The Bertz CT molecular complexity index is 777. The highest BCUT2D eigenvalue weighted by atomic mass is 16.3. The van der Waals surface area contributed by atoms with E-state index < -0.39 is 0 Å². The Hall–Kier alpha value is -2.54. The maximum atomic E-state index is 12.8. The molecule has 1 atom stereocenters. The highest BCUT2D eigenvalue weighted by molar-refractivity contribution is 5.96. The maximum absolute atomic E-state index is 12.8. The Morgan fingerprint density at radius 3 is 2.52 bits per heavy atom. The zero-order valence-corrected chi connectivity index (χ0v) is 15.4. The lowest BCUT2D eigenvalue weighted by molar-refractivity contribution is 0.0902. The minimum Gasteiger partial charge on any atom is -0.393 e. The number of anilines is 2. The predicted molar refractivity (Wildman–Crippen MR) is 103 cm³/mol. The lowest BCUT2D eigenvalue weighted by atomic mass is 9.92. The third kappa shape index (κ3) is 4.08. The molecular weight excluding hydrogens is 342 g/mol. The predicted octanol–water partition coefficient (Wildman–Crippen LogP) is 1.93. The van der Waals surface area contributed by atoms with Gasteiger partial charge in [0.05, 0.1) is 6.10 Å². The van der Waals surface area contributed by atoms with Crippen LogP contribution in [0.15, 0.2) is 36.8 Å². The van der Waals surface area contributed by atoms with Crippen LogP contribution in [0, 0.1) is 5.92 Å². The zero-order chi connectivity index (χ0) is 18.6. The van der Waals surface area contributed by atoms with Gasteiger partial charge < -0.3 is 14.9 Å². The fraction of sp³-hybridized carbons (Fsp3) is 0.500. The Morgan fingerprint density at radius 2 is 1.78 bits per heavy atom. The first-order chi connectivity index (χ1) is 13.2. The molecule has 0 aliphatic carbocycles. The van der Waals surface area contributed by atoms with Gasteiger partial charge in [0.1, 0.15) is 23.7 Å². The van der Waals surface area contributed by atoms with Crippen molar-refractivity contribution in [3.63, 3.8) is 0 Å². The fourth-order valence-electron chi connectivity index (χ4n) is 3.89. The first kappa shape index (κ1) is 17.9. The number of hydrogen-bond donors (Lipinski definition) is 1. The van der Waals surface area contributed by atoms with E-state index in [1.165, 1.54) is 0 Å². The summed E-state index contributed by atoms with van der Waals surface area (Å²) in [5.74, 6) is 1.81. The van der Waals surface area contributed by atoms with E-state index in [9.17, 15) is 9.90 Å². The monoisotopic (exact) mass is 367 g/mol. The summed E-state index contributed by atoms with van der Waals surface area (Å²) in [4.78, 5) is 30.2. The Kier molecular flexibility index (Phi) is 5.29. The van der Waals surface area contributed by atoms with E-state index in [4.69, 9.17) is 0 Å². The Balaban J connectivity index is 1.47. The van der Waals surface area contributed by atoms with Gasteiger partial charge >= 0.3 is 0 Å². The number of carbonyl (C=O) groups excluding carboxylic acids is 1. The van der Waals surface area contributed by atoms with Crippen molar-refractivity contribution in [3.8, 4) is 0 Å². The molecule has 1 N–H and O–H groups in total. The number of piperidine rings is 2. The SMILES string of the molecule is O=C(c1ccccn1)C1CCCN(c2cc(N3CCC(O)CC3)ncn2)C1. The second kappa shape index (κ2) is 8.00. The molecule has 2 saturated heterocycles. The van der Waals surface area contributed by atoms with Crippen molar-refractivity contribution < 1.29 is 9.90 Å². The molecule has 0 saturated carbocycles. The molecule has 2 fully saturated rings. The Morgan fingerprint density at radius 1 is 1.00 bits per heavy atom. The summed E-state index contributed by atoms with van der Waals surface area (Å²) in [5.41, 5.74) is 0.541. The highest BCUT2D eigenvalue weighted by Crippen LogP contribution is 2.26. The van der Waals surface area contributed by atoms with Gasteiger partial charge in [-0.2, -0.15) is 0 Å². The minimum absolute atomic E-state index is 0.0581. The van der Waals surface area contributed by atoms with Crippen molar-refractivity contribution in [2.75, 3.05) is 36.0 Å². The summed E-state index contributed by atoms with van der Waals surface area (Å²) in [6, 6.07) is 7.47. The van der Waals surface area contributed by atoms with Gasteiger partial charge in [-0.3, -0.25) is 9.78 Å². The molecule has 7 nitrogen and oxygen atoms in total. The number of Topliss-reactive ketones (excluding diaryl/α,β-unsaturated/α-hetero) is 1. The van der Waals surface area contributed by atoms with Crippen LogP contribution in [-0.2, 0) is 0 Å². The largest absolute Gasteiger partial charge is 0.393 e. The van der Waals surface area contributed by atoms with Crippen molar-refractivity contribution in [3.05, 3.63) is 42.5 Å². The molecule has 0 amide bonds. The van der Waals surface area contributed by atoms with E-state index in [1.807, 2.05) is 18.2 Å². The third-order valence-corrected chi connectivity index (χ3v) is 5.46. The molecule has 4 rings (SSSR count). The van der Waals surface area contributed by atoms with Gasteiger partial charge in [0, 0.05) is 44.4 Å². The minimum atomic E-state index is -0.206. The molecule has 0 spiro atoms. The van der Waals surface area contributed by atoms with E-state index in [0.717, 1.165) is 57.0 Å². The van der Waals surface area contributed by atoms with Gasteiger partial charge in [0.2, 0.25) is 0 Å². The zero-order valence-electron chi connectivity index (χ0n) is 15.4. The van der Waals surface area contributed by atoms with E-state index in [2.05, 4.69) is 24.8 Å². The summed E-state index contributed by atoms with van der Waals surface area (Å²) in [5, 5.41) is 9.70. The van der Waals surface area contributed by atoms with Gasteiger partial charge in [-0.05, 0) is 37.8 Å². The molecule has 2 aliphatic heterocycles. The average molecular weight is 367 g/mol. The van der Waals surface area contributed by atoms with E-state index >= 15 is 0 Å². The van der Waals surface area contributed by atoms with Gasteiger partial charge in [-0.1, -0.05) is 6.07 Å². The van der Waals surface area contributed by atoms with Crippen LogP contribution in [0.1, 0.15) is 36.2 Å². The van der Waals surface area contributed by atoms with Crippen LogP contribution in [0.3, 0.4) is 0 Å². The van der Waals surface area contributed by atoms with Crippen molar-refractivity contribution in [2.24, 2.45) is 5.92 Å². The number of ketones is 1. The molecule has 0 bridgehead atoms. The standard InChI is InChI=1S/C20H25N5O2/c26-16-6-10-24(11-7-16)18-12-19(23-14-22-18)25-9-3-4-15(13-25)20(27)17-5-1-2-8-21-17/h1-2,5,8,12,14-16,26H,3-4,6-7,9-11,13H2. The fourth-order valence-corrected chi connectivity index (χ4v) is 3.89. The summed E-state index contributed by atoms with van der Waals surface area (Å²) in [6.07, 6.45) is 6.43. The smallest absolute Gasteiger partial charge is 0.185 e. The normalized spacial score (nSPS) is 21.3. The molecular formula is C20H25N5O2. The number of aromatic nitrogens is 3. The Labute approximate surface area is 159 Å². The van der Waals surface area contributed by atoms with Crippen molar-refractivity contribution in [2.45, 2.75) is 31.8 Å². The van der Waals surface area contributed by atoms with Crippen LogP contribution in [-0.4, -0.2) is 58.1 Å². The number of hydrogen-bond acceptors (Lipinski definition) is 7. The second-order valence-corrected chi connectivity index (χ2v) is 7.32. The molecule has 142 valence electrons. The average Bonchev–Trinajstić information content (AvgIpc) is 2.74. The van der Waals surface area contributed by atoms with Gasteiger partial charge in [0.25, 0.3) is 0 Å². The molecule has 7 heteroatoms.